The van der Waals surface area contributed by atoms with Gasteiger partial charge in [0.05, 0.1) is 12.0 Å². The van der Waals surface area contributed by atoms with E-state index < -0.39 is 35.3 Å². The molecular formula is C18H32N4O5. The molecule has 0 spiro atoms. The fraction of sp³-hybridized carbons (Fsp3) is 0.778. The van der Waals surface area contributed by atoms with Crippen molar-refractivity contribution in [3.8, 4) is 0 Å². The summed E-state index contributed by atoms with van der Waals surface area (Å²) in [5.74, 6) is -1.67. The van der Waals surface area contributed by atoms with E-state index in [1.807, 2.05) is 48.5 Å². The maximum atomic E-state index is 12.9. The third kappa shape index (κ3) is 6.28. The highest BCUT2D eigenvalue weighted by Gasteiger charge is 2.38. The summed E-state index contributed by atoms with van der Waals surface area (Å²) in [6, 6.07) is -0.583. The number of nitrogens with one attached hydrogen (secondary N) is 2. The Morgan fingerprint density at radius 1 is 1.15 bits per heavy atom. The standard InChI is InChI=1S/C18H32N4O5/c1-9(2)8-11(12(23)16(25)21-26)15(24)19-13(18(5,6)7)14-20-17(10(3)4)27-22-14/h9-13,23,26H,8H2,1-7H3,(H,19,24)(H,21,25)/t11-,12+,13-/m1/s1. The van der Waals surface area contributed by atoms with Crippen molar-refractivity contribution >= 4 is 11.8 Å². The van der Waals surface area contributed by atoms with E-state index in [0.29, 0.717) is 11.7 Å². The zero-order chi connectivity index (χ0) is 20.9. The van der Waals surface area contributed by atoms with Gasteiger partial charge >= 0.3 is 0 Å². The largest absolute Gasteiger partial charge is 0.382 e. The number of aromatic nitrogens is 2. The average molecular weight is 384 g/mol. The van der Waals surface area contributed by atoms with Gasteiger partial charge in [0.1, 0.15) is 6.10 Å². The van der Waals surface area contributed by atoms with Gasteiger partial charge in [-0.3, -0.25) is 14.8 Å². The van der Waals surface area contributed by atoms with Crippen molar-refractivity contribution in [2.75, 3.05) is 0 Å². The Kier molecular flexibility index (Phi) is 7.91. The molecule has 0 saturated carbocycles. The molecule has 0 aromatic carbocycles. The van der Waals surface area contributed by atoms with Crippen LogP contribution in [0, 0.1) is 17.3 Å². The van der Waals surface area contributed by atoms with Crippen LogP contribution in [0.1, 0.15) is 78.6 Å². The lowest BCUT2D eigenvalue weighted by Gasteiger charge is -2.31. The van der Waals surface area contributed by atoms with Crippen LogP contribution in [0.3, 0.4) is 0 Å². The molecule has 9 nitrogen and oxygen atoms in total. The average Bonchev–Trinajstić information content (AvgIpc) is 3.04. The maximum Gasteiger partial charge on any atom is 0.272 e. The van der Waals surface area contributed by atoms with Crippen LogP contribution in [-0.2, 0) is 9.59 Å². The maximum absolute atomic E-state index is 12.9. The van der Waals surface area contributed by atoms with E-state index in [-0.39, 0.29) is 18.3 Å². The topological polar surface area (TPSA) is 138 Å². The van der Waals surface area contributed by atoms with Crippen LogP contribution in [0.15, 0.2) is 4.52 Å². The van der Waals surface area contributed by atoms with Gasteiger partial charge in [0, 0.05) is 5.92 Å². The molecule has 1 rings (SSSR count). The van der Waals surface area contributed by atoms with Gasteiger partial charge in [0.15, 0.2) is 5.82 Å². The van der Waals surface area contributed by atoms with Gasteiger partial charge in [-0.25, -0.2) is 5.48 Å². The molecule has 0 aliphatic heterocycles. The number of nitrogens with zero attached hydrogens (tertiary/aromatic N) is 2. The fourth-order valence-electron chi connectivity index (χ4n) is 2.65. The minimum Gasteiger partial charge on any atom is -0.382 e. The lowest BCUT2D eigenvalue weighted by Crippen LogP contribution is -2.48. The first kappa shape index (κ1) is 23.0. The van der Waals surface area contributed by atoms with E-state index in [1.54, 1.807) is 0 Å². The van der Waals surface area contributed by atoms with Crippen molar-refractivity contribution in [1.82, 2.24) is 20.9 Å². The van der Waals surface area contributed by atoms with E-state index >= 15 is 0 Å². The van der Waals surface area contributed by atoms with Crippen LogP contribution in [-0.4, -0.2) is 38.4 Å². The molecule has 0 unspecified atom stereocenters. The molecule has 2 amide bonds. The van der Waals surface area contributed by atoms with E-state index in [1.165, 1.54) is 5.48 Å². The molecule has 0 saturated heterocycles. The number of hydrogen-bond donors (Lipinski definition) is 4. The van der Waals surface area contributed by atoms with Gasteiger partial charge in [0.2, 0.25) is 11.8 Å². The quantitative estimate of drug-likeness (QED) is 0.397. The Balaban J connectivity index is 3.13. The number of carbonyl (C=O) groups is 2. The van der Waals surface area contributed by atoms with E-state index in [0.717, 1.165) is 0 Å². The number of hydrogen-bond acceptors (Lipinski definition) is 7. The van der Waals surface area contributed by atoms with Crippen molar-refractivity contribution in [3.63, 3.8) is 0 Å². The Labute approximate surface area is 159 Å². The normalized spacial score (nSPS) is 15.5. The third-order valence-electron chi connectivity index (χ3n) is 4.18. The SMILES string of the molecule is CC(C)C[C@@H](C(=O)N[C@H](c1noc(C(C)C)n1)C(C)(C)C)[C@H](O)C(=O)NO. The number of amides is 2. The molecule has 0 bridgehead atoms. The summed E-state index contributed by atoms with van der Waals surface area (Å²) >= 11 is 0. The zero-order valence-electron chi connectivity index (χ0n) is 17.1. The molecule has 154 valence electrons. The van der Waals surface area contributed by atoms with Crippen LogP contribution < -0.4 is 10.8 Å². The van der Waals surface area contributed by atoms with Crippen LogP contribution in [0.25, 0.3) is 0 Å². The molecule has 4 N–H and O–H groups in total. The fourth-order valence-corrected chi connectivity index (χ4v) is 2.65. The molecule has 3 atom stereocenters. The predicted octanol–water partition coefficient (Wildman–Crippen LogP) is 1.92. The first-order chi connectivity index (χ1) is 12.4. The number of carbonyl (C=O) groups excluding carboxylic acids is 2. The summed E-state index contributed by atoms with van der Waals surface area (Å²) in [5.41, 5.74) is 0.952. The zero-order valence-corrected chi connectivity index (χ0v) is 17.1. The van der Waals surface area contributed by atoms with Gasteiger partial charge < -0.3 is 14.9 Å². The van der Waals surface area contributed by atoms with Crippen molar-refractivity contribution in [3.05, 3.63) is 11.7 Å². The summed E-state index contributed by atoms with van der Waals surface area (Å²) in [7, 11) is 0. The minimum atomic E-state index is -1.67. The van der Waals surface area contributed by atoms with Crippen molar-refractivity contribution < 1.29 is 24.4 Å². The summed E-state index contributed by atoms with van der Waals surface area (Å²) < 4.78 is 5.25. The van der Waals surface area contributed by atoms with Crippen LogP contribution in [0.4, 0.5) is 0 Å². The number of hydroxylamine groups is 1. The molecule has 1 heterocycles. The molecule has 1 aromatic rings. The van der Waals surface area contributed by atoms with Gasteiger partial charge in [0.25, 0.3) is 5.91 Å². The van der Waals surface area contributed by atoms with Gasteiger partial charge in [-0.15, -0.1) is 0 Å². The Hall–Kier alpha value is -2.00. The summed E-state index contributed by atoms with van der Waals surface area (Å²) in [6.07, 6.45) is -1.41. The highest BCUT2D eigenvalue weighted by atomic mass is 16.5. The van der Waals surface area contributed by atoms with Gasteiger partial charge in [-0.2, -0.15) is 4.98 Å². The molecule has 27 heavy (non-hydrogen) atoms. The van der Waals surface area contributed by atoms with Crippen molar-refractivity contribution in [2.24, 2.45) is 17.3 Å². The van der Waals surface area contributed by atoms with Crippen molar-refractivity contribution in [1.29, 1.82) is 0 Å². The molecule has 1 aromatic heterocycles. The second-order valence-electron chi connectivity index (χ2n) is 8.61. The smallest absolute Gasteiger partial charge is 0.272 e. The van der Waals surface area contributed by atoms with Crippen LogP contribution in [0.2, 0.25) is 0 Å². The van der Waals surface area contributed by atoms with Crippen LogP contribution >= 0.6 is 0 Å². The molecule has 0 aliphatic carbocycles. The number of aliphatic hydroxyl groups is 1. The van der Waals surface area contributed by atoms with Crippen LogP contribution in [0.5, 0.6) is 0 Å². The highest BCUT2D eigenvalue weighted by molar-refractivity contribution is 5.88. The Bertz CT molecular complexity index is 636. The van der Waals surface area contributed by atoms with Gasteiger partial charge in [-0.05, 0) is 17.8 Å². The third-order valence-corrected chi connectivity index (χ3v) is 4.18. The Morgan fingerprint density at radius 3 is 2.15 bits per heavy atom. The monoisotopic (exact) mass is 384 g/mol. The molecule has 0 radical (unpaired) electrons. The van der Waals surface area contributed by atoms with E-state index in [9.17, 15) is 14.7 Å². The number of rotatable bonds is 8. The lowest BCUT2D eigenvalue weighted by molar-refractivity contribution is -0.147. The molecule has 0 aliphatic rings. The lowest BCUT2D eigenvalue weighted by atomic mass is 9.84. The predicted molar refractivity (Wildman–Crippen MR) is 97.6 cm³/mol. The number of aliphatic hydroxyl groups excluding tert-OH is 1. The molecular weight excluding hydrogens is 352 g/mol. The molecule has 0 fully saturated rings. The minimum absolute atomic E-state index is 0.0475. The summed E-state index contributed by atoms with van der Waals surface area (Å²) in [4.78, 5) is 28.9. The van der Waals surface area contributed by atoms with Gasteiger partial charge in [-0.1, -0.05) is 53.6 Å². The van der Waals surface area contributed by atoms with Crippen molar-refractivity contribution in [2.45, 2.75) is 73.0 Å². The van der Waals surface area contributed by atoms with E-state index in [2.05, 4.69) is 15.5 Å². The summed E-state index contributed by atoms with van der Waals surface area (Å²) in [5, 5.41) is 25.8. The molecule has 9 heteroatoms. The first-order valence-corrected chi connectivity index (χ1v) is 9.14. The second kappa shape index (κ2) is 9.27. The highest BCUT2D eigenvalue weighted by Crippen LogP contribution is 2.32. The Morgan fingerprint density at radius 2 is 1.74 bits per heavy atom. The van der Waals surface area contributed by atoms with E-state index in [4.69, 9.17) is 9.73 Å². The summed E-state index contributed by atoms with van der Waals surface area (Å²) in [6.45, 7) is 13.3. The second-order valence-corrected chi connectivity index (χ2v) is 8.61. The first-order valence-electron chi connectivity index (χ1n) is 9.14.